The largest absolute Gasteiger partial charge is 0.383 e. The van der Waals surface area contributed by atoms with Crippen molar-refractivity contribution in [1.29, 1.82) is 0 Å². The van der Waals surface area contributed by atoms with Crippen LogP contribution in [0.5, 0.6) is 0 Å². The molecule has 4 aromatic rings. The summed E-state index contributed by atoms with van der Waals surface area (Å²) in [6.45, 7) is 0. The first-order valence-corrected chi connectivity index (χ1v) is 8.21. The molecule has 0 fully saturated rings. The fourth-order valence-corrected chi connectivity index (χ4v) is 3.07. The third-order valence-electron chi connectivity index (χ3n) is 3.25. The number of alkyl halides is 3. The van der Waals surface area contributed by atoms with Crippen LogP contribution in [0.25, 0.3) is 16.3 Å². The zero-order valence-electron chi connectivity index (χ0n) is 12.3. The van der Waals surface area contributed by atoms with E-state index in [2.05, 4.69) is 30.4 Å². The monoisotopic (exact) mass is 383 g/mol. The Hall–Kier alpha value is -2.53. The molecule has 4 aromatic heterocycles. The van der Waals surface area contributed by atoms with Crippen molar-refractivity contribution < 1.29 is 13.3 Å². The van der Waals surface area contributed by atoms with Crippen LogP contribution in [-0.2, 0) is 18.2 Å². The molecule has 0 saturated carbocycles. The second-order valence-electron chi connectivity index (χ2n) is 4.96. The molecule has 128 valence electrons. The Balaban J connectivity index is 1.49. The summed E-state index contributed by atoms with van der Waals surface area (Å²) < 4.78 is 32.6. The Labute approximate surface area is 147 Å². The molecule has 0 N–H and O–H groups in total. The van der Waals surface area contributed by atoms with Gasteiger partial charge in [0, 0.05) is 30.8 Å². The molecule has 0 aliphatic heterocycles. The molecule has 0 amide bonds. The fraction of sp³-hybridized carbons (Fsp3) is 0.231. The molecule has 12 heteroatoms. The highest BCUT2D eigenvalue weighted by Crippen LogP contribution is 2.31. The molecular weight excluding hydrogens is 376 g/mol. The van der Waals surface area contributed by atoms with Gasteiger partial charge in [-0.3, -0.25) is 4.98 Å². The second kappa shape index (κ2) is 6.08. The van der Waals surface area contributed by atoms with Crippen molar-refractivity contribution in [1.82, 2.24) is 34.9 Å². The van der Waals surface area contributed by atoms with Crippen molar-refractivity contribution in [3.8, 4) is 11.4 Å². The van der Waals surface area contributed by atoms with Crippen LogP contribution in [0.3, 0.4) is 0 Å². The summed E-state index contributed by atoms with van der Waals surface area (Å²) in [5.41, 5.74) is 0.790. The first-order chi connectivity index (χ1) is 12.0. The molecule has 0 saturated heterocycles. The van der Waals surface area contributed by atoms with Gasteiger partial charge in [-0.15, -0.1) is 10.2 Å². The Bertz CT molecular complexity index is 1010. The molecule has 0 radical (unpaired) electrons. The fourth-order valence-electron chi connectivity index (χ4n) is 2.12. The van der Waals surface area contributed by atoms with Gasteiger partial charge in [-0.1, -0.05) is 16.5 Å². The first kappa shape index (κ1) is 16.0. The van der Waals surface area contributed by atoms with Gasteiger partial charge in [-0.05, 0) is 23.7 Å². The smallest absolute Gasteiger partial charge is 0.339 e. The predicted octanol–water partition coefficient (Wildman–Crippen LogP) is 2.70. The van der Waals surface area contributed by atoms with Gasteiger partial charge in [-0.25, -0.2) is 0 Å². The molecule has 0 aliphatic rings. The number of pyridine rings is 1. The molecule has 8 nitrogen and oxygen atoms in total. The van der Waals surface area contributed by atoms with E-state index in [1.807, 2.05) is 0 Å². The highest BCUT2D eigenvalue weighted by molar-refractivity contribution is 7.16. The summed E-state index contributed by atoms with van der Waals surface area (Å²) in [6.07, 6.45) is 4.11. The Kier molecular flexibility index (Phi) is 3.88. The van der Waals surface area contributed by atoms with E-state index in [0.717, 1.165) is 21.4 Å². The molecule has 4 heterocycles. The molecular formula is C13H8ClF2N7OS. The van der Waals surface area contributed by atoms with Crippen molar-refractivity contribution >= 4 is 27.9 Å². The highest BCUT2D eigenvalue weighted by Gasteiger charge is 2.35. The van der Waals surface area contributed by atoms with E-state index in [9.17, 15) is 8.78 Å². The zero-order valence-corrected chi connectivity index (χ0v) is 13.9. The number of rotatable bonds is 5. The first-order valence-electron chi connectivity index (χ1n) is 7.02. The van der Waals surface area contributed by atoms with Gasteiger partial charge >= 0.3 is 5.38 Å². The third kappa shape index (κ3) is 3.20. The number of hydrogen-bond acceptors (Lipinski definition) is 8. The molecule has 0 unspecified atom stereocenters. The minimum atomic E-state index is -3.63. The molecule has 25 heavy (non-hydrogen) atoms. The quantitative estimate of drug-likeness (QED) is 0.489. The van der Waals surface area contributed by atoms with Gasteiger partial charge in [0.05, 0.1) is 0 Å². The van der Waals surface area contributed by atoms with E-state index in [1.54, 1.807) is 24.5 Å². The van der Waals surface area contributed by atoms with E-state index in [-0.39, 0.29) is 4.96 Å². The second-order valence-corrected chi connectivity index (χ2v) is 6.47. The SMILES string of the molecule is FC(F)(Cl)c1nnc2sc(CCc3nc(-c4ccncc4)no3)nn12. The van der Waals surface area contributed by atoms with Crippen molar-refractivity contribution in [2.24, 2.45) is 0 Å². The van der Waals surface area contributed by atoms with E-state index in [4.69, 9.17) is 16.1 Å². The van der Waals surface area contributed by atoms with Crippen molar-refractivity contribution in [2.75, 3.05) is 0 Å². The normalized spacial score (nSPS) is 12.1. The van der Waals surface area contributed by atoms with Crippen LogP contribution < -0.4 is 0 Å². The predicted molar refractivity (Wildman–Crippen MR) is 83.3 cm³/mol. The van der Waals surface area contributed by atoms with Crippen LogP contribution in [-0.4, -0.2) is 34.9 Å². The summed E-state index contributed by atoms with van der Waals surface area (Å²) in [5.74, 6) is 0.171. The number of aryl methyl sites for hydroxylation is 2. The standard InChI is InChI=1S/C13H8ClF2N7OS/c14-13(15,16)11-19-20-12-23(11)21-9(25-12)2-1-8-18-10(22-24-8)7-3-5-17-6-4-7/h3-6H,1-2H2. The van der Waals surface area contributed by atoms with Crippen molar-refractivity contribution in [2.45, 2.75) is 18.2 Å². The van der Waals surface area contributed by atoms with Gasteiger partial charge < -0.3 is 4.52 Å². The van der Waals surface area contributed by atoms with Gasteiger partial charge in [-0.2, -0.15) is 23.4 Å². The van der Waals surface area contributed by atoms with E-state index in [0.29, 0.717) is 29.6 Å². The maximum atomic E-state index is 13.2. The lowest BCUT2D eigenvalue weighted by molar-refractivity contribution is 0.0820. The lowest BCUT2D eigenvalue weighted by Gasteiger charge is -2.01. The van der Waals surface area contributed by atoms with E-state index < -0.39 is 11.2 Å². The molecule has 0 atom stereocenters. The average molecular weight is 384 g/mol. The highest BCUT2D eigenvalue weighted by atomic mass is 35.5. The third-order valence-corrected chi connectivity index (χ3v) is 4.37. The maximum absolute atomic E-state index is 13.2. The topological polar surface area (TPSA) is 94.9 Å². The molecule has 0 aliphatic carbocycles. The van der Waals surface area contributed by atoms with Crippen LogP contribution in [0.1, 0.15) is 16.7 Å². The van der Waals surface area contributed by atoms with Crippen LogP contribution in [0, 0.1) is 0 Å². The summed E-state index contributed by atoms with van der Waals surface area (Å²) in [6, 6.07) is 3.54. The van der Waals surface area contributed by atoms with Crippen molar-refractivity contribution in [3.05, 3.63) is 41.2 Å². The zero-order chi connectivity index (χ0) is 17.4. The van der Waals surface area contributed by atoms with Crippen LogP contribution in [0.4, 0.5) is 8.78 Å². The van der Waals surface area contributed by atoms with Crippen LogP contribution in [0.2, 0.25) is 0 Å². The molecule has 4 rings (SSSR count). The lowest BCUT2D eigenvalue weighted by atomic mass is 10.2. The number of aromatic nitrogens is 7. The van der Waals surface area contributed by atoms with Gasteiger partial charge in [0.25, 0.3) is 0 Å². The van der Waals surface area contributed by atoms with Crippen molar-refractivity contribution in [3.63, 3.8) is 0 Å². The summed E-state index contributed by atoms with van der Waals surface area (Å²) in [4.78, 5) is 8.46. The minimum Gasteiger partial charge on any atom is -0.339 e. The molecule has 0 bridgehead atoms. The van der Waals surface area contributed by atoms with Crippen LogP contribution >= 0.6 is 22.9 Å². The average Bonchev–Trinajstić information content (AvgIpc) is 3.28. The number of nitrogens with zero attached hydrogens (tertiary/aromatic N) is 7. The summed E-state index contributed by atoms with van der Waals surface area (Å²) in [5, 5.41) is 11.9. The van der Waals surface area contributed by atoms with Gasteiger partial charge in [0.15, 0.2) is 0 Å². The molecule has 0 spiro atoms. The van der Waals surface area contributed by atoms with E-state index in [1.165, 1.54) is 0 Å². The van der Waals surface area contributed by atoms with E-state index >= 15 is 0 Å². The number of fused-ring (bicyclic) bond motifs is 1. The Morgan fingerprint density at radius 1 is 1.20 bits per heavy atom. The number of hydrogen-bond donors (Lipinski definition) is 0. The van der Waals surface area contributed by atoms with Gasteiger partial charge in [0.1, 0.15) is 5.01 Å². The minimum absolute atomic E-state index is 0.244. The molecule has 0 aromatic carbocycles. The van der Waals surface area contributed by atoms with Gasteiger partial charge in [0.2, 0.25) is 22.5 Å². The van der Waals surface area contributed by atoms with Crippen LogP contribution in [0.15, 0.2) is 29.0 Å². The lowest BCUT2D eigenvalue weighted by Crippen LogP contribution is -2.10. The summed E-state index contributed by atoms with van der Waals surface area (Å²) >= 11 is 6.14. The Morgan fingerprint density at radius 3 is 2.76 bits per heavy atom. The maximum Gasteiger partial charge on any atom is 0.383 e. The Morgan fingerprint density at radius 2 is 2.00 bits per heavy atom. The number of halogens is 3. The summed E-state index contributed by atoms with van der Waals surface area (Å²) in [7, 11) is 0.